The van der Waals surface area contributed by atoms with Crippen LogP contribution in [0, 0.1) is 6.92 Å². The van der Waals surface area contributed by atoms with Crippen molar-refractivity contribution < 1.29 is 9.52 Å². The van der Waals surface area contributed by atoms with Gasteiger partial charge in [-0.25, -0.2) is 4.79 Å². The molecule has 0 aliphatic carbocycles. The summed E-state index contributed by atoms with van der Waals surface area (Å²) in [6.07, 6.45) is 2.01. The van der Waals surface area contributed by atoms with Gasteiger partial charge < -0.3 is 15.3 Å². The quantitative estimate of drug-likeness (QED) is 0.822. The lowest BCUT2D eigenvalue weighted by molar-refractivity contribution is 0.385. The molecule has 1 heterocycles. The fraction of sp³-hybridized carbons (Fsp3) is 0.438. The van der Waals surface area contributed by atoms with E-state index in [0.29, 0.717) is 17.6 Å². The van der Waals surface area contributed by atoms with E-state index in [2.05, 4.69) is 0 Å². The fourth-order valence-corrected chi connectivity index (χ4v) is 2.62. The van der Waals surface area contributed by atoms with E-state index in [1.807, 2.05) is 20.8 Å². The second kappa shape index (κ2) is 6.90. The topological polar surface area (TPSA) is 76.5 Å². The van der Waals surface area contributed by atoms with Crippen LogP contribution in [-0.4, -0.2) is 10.6 Å². The number of phenols is 1. The maximum absolute atomic E-state index is 12.2. The lowest BCUT2D eigenvalue weighted by Crippen LogP contribution is -2.42. The van der Waals surface area contributed by atoms with Crippen molar-refractivity contribution in [2.24, 2.45) is 5.73 Å². The van der Waals surface area contributed by atoms with E-state index in [1.165, 1.54) is 6.07 Å². The number of benzene rings is 1. The molecule has 4 nitrogen and oxygen atoms in total. The van der Waals surface area contributed by atoms with Crippen LogP contribution in [0.1, 0.15) is 37.8 Å². The van der Waals surface area contributed by atoms with E-state index < -0.39 is 11.2 Å². The van der Waals surface area contributed by atoms with Crippen LogP contribution >= 0.6 is 24.0 Å². The first-order chi connectivity index (χ1) is 9.81. The molecule has 1 aromatic carbocycles. The monoisotopic (exact) mass is 345 g/mol. The summed E-state index contributed by atoms with van der Waals surface area (Å²) in [5.41, 5.74) is 7.21. The molecular formula is C16H21Cl2NO3. The highest BCUT2D eigenvalue weighted by molar-refractivity contribution is 6.32. The van der Waals surface area contributed by atoms with E-state index in [1.54, 1.807) is 6.07 Å². The number of aromatic hydroxyl groups is 1. The smallest absolute Gasteiger partial charge is 0.339 e. The molecule has 0 amide bonds. The maximum Gasteiger partial charge on any atom is 0.339 e. The summed E-state index contributed by atoms with van der Waals surface area (Å²) in [5.74, 6) is -0.102. The largest absolute Gasteiger partial charge is 0.506 e. The molecule has 0 saturated carbocycles. The number of rotatable bonds is 4. The molecule has 0 spiro atoms. The zero-order valence-corrected chi connectivity index (χ0v) is 14.5. The van der Waals surface area contributed by atoms with Crippen LogP contribution in [0.25, 0.3) is 11.0 Å². The first-order valence-corrected chi connectivity index (χ1v) is 7.42. The zero-order chi connectivity index (χ0) is 15.8. The van der Waals surface area contributed by atoms with Crippen molar-refractivity contribution in [2.45, 2.75) is 45.6 Å². The number of phenolic OH excluding ortho intramolecular Hbond substituents is 1. The van der Waals surface area contributed by atoms with E-state index in [0.717, 1.165) is 23.8 Å². The summed E-state index contributed by atoms with van der Waals surface area (Å²) in [7, 11) is 0. The number of hydrogen-bond donors (Lipinski definition) is 2. The maximum atomic E-state index is 12.2. The summed E-state index contributed by atoms with van der Waals surface area (Å²) < 4.78 is 5.31. The van der Waals surface area contributed by atoms with Gasteiger partial charge in [-0.3, -0.25) is 0 Å². The molecule has 0 radical (unpaired) electrons. The van der Waals surface area contributed by atoms with Gasteiger partial charge in [0.15, 0.2) is 0 Å². The molecule has 0 bridgehead atoms. The molecule has 2 rings (SSSR count). The Morgan fingerprint density at radius 2 is 1.91 bits per heavy atom. The van der Waals surface area contributed by atoms with Gasteiger partial charge in [-0.1, -0.05) is 25.4 Å². The van der Waals surface area contributed by atoms with Crippen molar-refractivity contribution in [2.75, 3.05) is 0 Å². The van der Waals surface area contributed by atoms with Gasteiger partial charge in [-0.05, 0) is 37.8 Å². The van der Waals surface area contributed by atoms with Crippen molar-refractivity contribution in [1.29, 1.82) is 0 Å². The van der Waals surface area contributed by atoms with E-state index in [9.17, 15) is 9.90 Å². The highest BCUT2D eigenvalue weighted by Gasteiger charge is 2.25. The highest BCUT2D eigenvalue weighted by atomic mass is 35.5. The van der Waals surface area contributed by atoms with E-state index >= 15 is 0 Å². The van der Waals surface area contributed by atoms with Gasteiger partial charge in [0.1, 0.15) is 11.3 Å². The Morgan fingerprint density at radius 3 is 2.45 bits per heavy atom. The van der Waals surface area contributed by atoms with Gasteiger partial charge in [0, 0.05) is 22.6 Å². The standard InChI is InChI=1S/C16H20ClNO3.ClH/c1-4-16(18,5-2)8-11-9(3)10-6-12(17)13(19)7-14(10)21-15(11)20;/h6-7,19H,4-5,8,18H2,1-3H3;1H. The van der Waals surface area contributed by atoms with Crippen molar-refractivity contribution in [1.82, 2.24) is 0 Å². The Balaban J connectivity index is 0.00000242. The lowest BCUT2D eigenvalue weighted by atomic mass is 9.85. The molecule has 0 unspecified atom stereocenters. The van der Waals surface area contributed by atoms with Gasteiger partial charge >= 0.3 is 5.63 Å². The number of nitrogens with two attached hydrogens (primary N) is 1. The van der Waals surface area contributed by atoms with Crippen molar-refractivity contribution in [3.8, 4) is 5.75 Å². The van der Waals surface area contributed by atoms with Gasteiger partial charge in [-0.15, -0.1) is 12.4 Å². The summed E-state index contributed by atoms with van der Waals surface area (Å²) in [6.45, 7) is 5.88. The molecule has 0 aliphatic heterocycles. The predicted octanol–water partition coefficient (Wildman–Crippen LogP) is 3.94. The van der Waals surface area contributed by atoms with Crippen molar-refractivity contribution >= 4 is 35.0 Å². The Bertz CT molecular complexity index is 736. The molecule has 0 fully saturated rings. The predicted molar refractivity (Wildman–Crippen MR) is 92.3 cm³/mol. The minimum absolute atomic E-state index is 0. The average molecular weight is 346 g/mol. The van der Waals surface area contributed by atoms with Crippen LogP contribution in [0.2, 0.25) is 5.02 Å². The molecule has 2 aromatic rings. The molecule has 6 heteroatoms. The minimum Gasteiger partial charge on any atom is -0.506 e. The molecule has 0 saturated heterocycles. The molecule has 0 atom stereocenters. The normalized spacial score (nSPS) is 11.5. The van der Waals surface area contributed by atoms with Crippen LogP contribution < -0.4 is 11.4 Å². The average Bonchev–Trinajstić information content (AvgIpc) is 2.46. The number of hydrogen-bond acceptors (Lipinski definition) is 4. The first-order valence-electron chi connectivity index (χ1n) is 7.05. The van der Waals surface area contributed by atoms with Crippen LogP contribution in [-0.2, 0) is 6.42 Å². The van der Waals surface area contributed by atoms with Crippen molar-refractivity contribution in [3.05, 3.63) is 38.7 Å². The first kappa shape index (κ1) is 18.8. The summed E-state index contributed by atoms with van der Waals surface area (Å²) >= 11 is 5.94. The van der Waals surface area contributed by atoms with Gasteiger partial charge in [0.2, 0.25) is 0 Å². The Kier molecular flexibility index (Phi) is 5.90. The third kappa shape index (κ3) is 3.40. The number of fused-ring (bicyclic) bond motifs is 1. The SMILES string of the molecule is CCC(N)(CC)Cc1c(C)c2cc(Cl)c(O)cc2oc1=O.Cl. The lowest BCUT2D eigenvalue weighted by Gasteiger charge is -2.27. The van der Waals surface area contributed by atoms with E-state index in [4.69, 9.17) is 21.8 Å². The second-order valence-corrected chi connectivity index (χ2v) is 5.95. The van der Waals surface area contributed by atoms with Crippen LogP contribution in [0.4, 0.5) is 0 Å². The van der Waals surface area contributed by atoms with Crippen LogP contribution in [0.15, 0.2) is 21.3 Å². The Labute approximate surface area is 140 Å². The third-order valence-corrected chi connectivity index (χ3v) is 4.59. The molecule has 22 heavy (non-hydrogen) atoms. The Morgan fingerprint density at radius 1 is 1.32 bits per heavy atom. The molecule has 3 N–H and O–H groups in total. The zero-order valence-electron chi connectivity index (χ0n) is 12.9. The molecular weight excluding hydrogens is 325 g/mol. The van der Waals surface area contributed by atoms with Gasteiger partial charge in [0.05, 0.1) is 5.02 Å². The van der Waals surface area contributed by atoms with Gasteiger partial charge in [0.25, 0.3) is 0 Å². The Hall–Kier alpha value is -1.23. The van der Waals surface area contributed by atoms with Crippen LogP contribution in [0.5, 0.6) is 5.75 Å². The second-order valence-electron chi connectivity index (χ2n) is 5.54. The minimum atomic E-state index is -0.423. The molecule has 1 aromatic heterocycles. The highest BCUT2D eigenvalue weighted by Crippen LogP contribution is 2.31. The summed E-state index contributed by atoms with van der Waals surface area (Å²) in [4.78, 5) is 12.2. The van der Waals surface area contributed by atoms with E-state index in [-0.39, 0.29) is 23.2 Å². The third-order valence-electron chi connectivity index (χ3n) is 4.29. The molecule has 0 aliphatic rings. The summed E-state index contributed by atoms with van der Waals surface area (Å²) in [6, 6.07) is 2.98. The van der Waals surface area contributed by atoms with Gasteiger partial charge in [-0.2, -0.15) is 0 Å². The van der Waals surface area contributed by atoms with Crippen molar-refractivity contribution in [3.63, 3.8) is 0 Å². The number of halogens is 2. The number of aryl methyl sites for hydroxylation is 1. The summed E-state index contributed by atoms with van der Waals surface area (Å²) in [5, 5.41) is 10.6. The fourth-order valence-electron chi connectivity index (χ4n) is 2.45. The molecule has 122 valence electrons. The van der Waals surface area contributed by atoms with Crippen LogP contribution in [0.3, 0.4) is 0 Å².